The highest BCUT2D eigenvalue weighted by Crippen LogP contribution is 2.43. The van der Waals surface area contributed by atoms with E-state index >= 15 is 0 Å². The van der Waals surface area contributed by atoms with Crippen LogP contribution in [0.15, 0.2) is 85.1 Å². The van der Waals surface area contributed by atoms with Crippen molar-refractivity contribution in [3.05, 3.63) is 85.1 Å². The van der Waals surface area contributed by atoms with Crippen LogP contribution in [0.4, 0.5) is 0 Å². The second-order valence-electron chi connectivity index (χ2n) is 15.2. The quantitative estimate of drug-likeness (QED) is 0.0157. The van der Waals surface area contributed by atoms with Gasteiger partial charge in [0.2, 0.25) is 0 Å². The number of nitrogens with zero attached hydrogens (tertiary/aromatic N) is 1. The van der Waals surface area contributed by atoms with Gasteiger partial charge in [-0.2, -0.15) is 0 Å². The van der Waals surface area contributed by atoms with Gasteiger partial charge in [0.25, 0.3) is 0 Å². The normalized spacial score (nSPS) is 15.0. The van der Waals surface area contributed by atoms with E-state index < -0.39 is 38.6 Å². The number of unbranched alkanes of at least 4 members (excludes halogenated alkanes) is 9. The number of carbonyl (C=O) groups excluding carboxylic acids is 2. The summed E-state index contributed by atoms with van der Waals surface area (Å²) in [5.74, 6) is -0.937. The molecule has 0 aromatic heterocycles. The second kappa shape index (κ2) is 37.4. The number of rotatable bonds is 37. The highest BCUT2D eigenvalue weighted by atomic mass is 31.2. The number of phosphoric acid groups is 1. The minimum absolute atomic E-state index is 0.00533. The molecule has 0 aliphatic carbocycles. The van der Waals surface area contributed by atoms with Crippen LogP contribution in [0.3, 0.4) is 0 Å². The lowest BCUT2D eigenvalue weighted by molar-refractivity contribution is -0.870. The van der Waals surface area contributed by atoms with Crippen LogP contribution in [0.1, 0.15) is 136 Å². The van der Waals surface area contributed by atoms with Crippen LogP contribution in [0, 0.1) is 0 Å². The molecule has 0 aromatic carbocycles. The Bertz CT molecular complexity index is 1260. The number of ether oxygens (including phenoxy) is 2. The van der Waals surface area contributed by atoms with Crippen molar-refractivity contribution >= 4 is 19.8 Å². The van der Waals surface area contributed by atoms with Crippen LogP contribution in [-0.4, -0.2) is 86.1 Å². The zero-order chi connectivity index (χ0) is 42.3. The summed E-state index contributed by atoms with van der Waals surface area (Å²) in [5.41, 5.74) is 0. The molecule has 0 saturated heterocycles. The van der Waals surface area contributed by atoms with Crippen molar-refractivity contribution in [1.82, 2.24) is 0 Å². The van der Waals surface area contributed by atoms with Gasteiger partial charge in [0.15, 0.2) is 6.10 Å². The van der Waals surface area contributed by atoms with Crippen LogP contribution in [0.25, 0.3) is 0 Å². The van der Waals surface area contributed by atoms with Crippen molar-refractivity contribution in [1.29, 1.82) is 0 Å². The van der Waals surface area contributed by atoms with E-state index in [9.17, 15) is 24.2 Å². The van der Waals surface area contributed by atoms with Gasteiger partial charge in [-0.1, -0.05) is 137 Å². The number of aliphatic hydroxyl groups excluding tert-OH is 1. The third kappa shape index (κ3) is 41.1. The highest BCUT2D eigenvalue weighted by Gasteiger charge is 2.27. The zero-order valence-corrected chi connectivity index (χ0v) is 37.0. The summed E-state index contributed by atoms with van der Waals surface area (Å²) in [6, 6.07) is 0. The van der Waals surface area contributed by atoms with Crippen LogP contribution in [-0.2, 0) is 32.7 Å². The molecule has 2 N–H and O–H groups in total. The first-order valence-electron chi connectivity index (χ1n) is 21.4. The zero-order valence-electron chi connectivity index (χ0n) is 36.1. The fraction of sp³-hybridized carbons (Fsp3) is 0.652. The number of hydrogen-bond acceptors (Lipinski definition) is 8. The Labute approximate surface area is 346 Å². The molecule has 0 radical (unpaired) electrons. The van der Waals surface area contributed by atoms with Crippen LogP contribution < -0.4 is 0 Å². The van der Waals surface area contributed by atoms with Gasteiger partial charge >= 0.3 is 19.8 Å². The van der Waals surface area contributed by atoms with Gasteiger partial charge in [0.05, 0.1) is 33.9 Å². The number of aliphatic hydroxyl groups is 1. The number of allylic oxidation sites excluding steroid dienone is 12. The van der Waals surface area contributed by atoms with Gasteiger partial charge in [-0.25, -0.2) is 4.57 Å². The van der Waals surface area contributed by atoms with Crippen molar-refractivity contribution in [2.24, 2.45) is 0 Å². The molecule has 10 nitrogen and oxygen atoms in total. The summed E-state index contributed by atoms with van der Waals surface area (Å²) in [7, 11) is 1.39. The fourth-order valence-corrected chi connectivity index (χ4v) is 5.86. The van der Waals surface area contributed by atoms with Crippen LogP contribution in [0.5, 0.6) is 0 Å². The SMILES string of the molecule is CC/C=C\CC(O)/C=C\C=C/C/C=C\C/C=C\C/C=C\CCC(=O)OC(COC(=O)CCCCCCC/C=C\CCCCCC)COP(=O)(O)OCC[N+](C)(C)C. The standard InChI is InChI=1S/C46H78NO9P/c1-6-8-10-11-12-13-14-16-20-23-26-29-33-37-45(49)53-41-44(42-55-57(51,52)54-40-39-47(3,4)5)56-46(50)38-34-30-27-24-21-18-15-17-19-22-25-28-32-36-43(48)35-31-9-7-2/h9,13-14,17-19,21,25,27-28,30-32,36,43-44,48H,6-8,10-12,15-16,20,22-24,26,29,33-35,37-42H2,1-5H3/p+1/b14-13-,19-17-,21-18-,28-25-,30-27-,31-9-,36-32-. The Morgan fingerprint density at radius 2 is 1.25 bits per heavy atom. The lowest BCUT2D eigenvalue weighted by Gasteiger charge is -2.24. The Kier molecular flexibility index (Phi) is 35.6. The maximum absolute atomic E-state index is 12.6. The lowest BCUT2D eigenvalue weighted by atomic mass is 10.1. The highest BCUT2D eigenvalue weighted by molar-refractivity contribution is 7.47. The van der Waals surface area contributed by atoms with E-state index in [-0.39, 0.29) is 26.1 Å². The molecular formula is C46H79NO9P+. The number of phosphoric ester groups is 1. The van der Waals surface area contributed by atoms with Crippen LogP contribution >= 0.6 is 7.82 Å². The summed E-state index contributed by atoms with van der Waals surface area (Å²) >= 11 is 0. The first-order valence-corrected chi connectivity index (χ1v) is 22.9. The molecule has 0 fully saturated rings. The predicted molar refractivity (Wildman–Crippen MR) is 235 cm³/mol. The third-order valence-electron chi connectivity index (χ3n) is 8.50. The van der Waals surface area contributed by atoms with Crippen molar-refractivity contribution in [3.8, 4) is 0 Å². The summed E-state index contributed by atoms with van der Waals surface area (Å²) in [4.78, 5) is 35.3. The molecule has 0 spiro atoms. The van der Waals surface area contributed by atoms with Crippen molar-refractivity contribution in [2.75, 3.05) is 47.5 Å². The van der Waals surface area contributed by atoms with Crippen LogP contribution in [0.2, 0.25) is 0 Å². The maximum atomic E-state index is 12.6. The number of esters is 2. The third-order valence-corrected chi connectivity index (χ3v) is 9.49. The molecule has 3 atom stereocenters. The molecule has 0 aliphatic heterocycles. The molecule has 326 valence electrons. The van der Waals surface area contributed by atoms with Gasteiger partial charge in [-0.15, -0.1) is 0 Å². The molecular weight excluding hydrogens is 741 g/mol. The molecule has 11 heteroatoms. The van der Waals surface area contributed by atoms with Crippen molar-refractivity contribution in [2.45, 2.75) is 148 Å². The second-order valence-corrected chi connectivity index (χ2v) is 16.6. The van der Waals surface area contributed by atoms with Crippen molar-refractivity contribution < 1.29 is 47.2 Å². The van der Waals surface area contributed by atoms with E-state index in [1.54, 1.807) is 6.08 Å². The minimum Gasteiger partial charge on any atom is -0.462 e. The monoisotopic (exact) mass is 821 g/mol. The lowest BCUT2D eigenvalue weighted by Crippen LogP contribution is -2.37. The molecule has 3 unspecified atom stereocenters. The van der Waals surface area contributed by atoms with Crippen molar-refractivity contribution in [3.63, 3.8) is 0 Å². The Balaban J connectivity index is 4.58. The number of hydrogen-bond donors (Lipinski definition) is 2. The Hall–Kier alpha value is -2.85. The number of likely N-dealkylation sites (N-methyl/N-ethyl adjacent to an activating group) is 1. The van der Waals surface area contributed by atoms with E-state index in [1.807, 2.05) is 63.7 Å². The van der Waals surface area contributed by atoms with Gasteiger partial charge < -0.3 is 24.0 Å². The summed E-state index contributed by atoms with van der Waals surface area (Å²) in [5, 5.41) is 9.84. The maximum Gasteiger partial charge on any atom is 0.472 e. The molecule has 57 heavy (non-hydrogen) atoms. The first kappa shape index (κ1) is 54.2. The van der Waals surface area contributed by atoms with Gasteiger partial charge in [0.1, 0.15) is 19.8 Å². The molecule has 0 bridgehead atoms. The Morgan fingerprint density at radius 1 is 0.649 bits per heavy atom. The predicted octanol–water partition coefficient (Wildman–Crippen LogP) is 11.0. The average molecular weight is 821 g/mol. The Morgan fingerprint density at radius 3 is 1.89 bits per heavy atom. The summed E-state index contributed by atoms with van der Waals surface area (Å²) < 4.78 is 34.1. The van der Waals surface area contributed by atoms with E-state index in [0.717, 1.165) is 57.8 Å². The van der Waals surface area contributed by atoms with E-state index in [1.165, 1.54) is 32.1 Å². The summed E-state index contributed by atoms with van der Waals surface area (Å²) in [6.45, 7) is 4.06. The van der Waals surface area contributed by atoms with Gasteiger partial charge in [-0.05, 0) is 70.6 Å². The number of carbonyl (C=O) groups is 2. The average Bonchev–Trinajstić information content (AvgIpc) is 3.15. The molecule has 0 rings (SSSR count). The number of quaternary nitrogens is 1. The topological polar surface area (TPSA) is 129 Å². The smallest absolute Gasteiger partial charge is 0.462 e. The van der Waals surface area contributed by atoms with E-state index in [4.69, 9.17) is 18.5 Å². The molecule has 0 aromatic rings. The minimum atomic E-state index is -4.41. The molecule has 0 aliphatic rings. The van der Waals surface area contributed by atoms with Gasteiger partial charge in [0, 0.05) is 12.8 Å². The van der Waals surface area contributed by atoms with E-state index in [2.05, 4.69) is 50.3 Å². The van der Waals surface area contributed by atoms with E-state index in [0.29, 0.717) is 30.3 Å². The summed E-state index contributed by atoms with van der Waals surface area (Å²) in [6.07, 6.45) is 44.1. The molecule has 0 saturated carbocycles. The first-order chi connectivity index (χ1) is 27.4. The largest absolute Gasteiger partial charge is 0.472 e. The molecule has 0 amide bonds. The molecule has 0 heterocycles. The fourth-order valence-electron chi connectivity index (χ4n) is 5.12. The van der Waals surface area contributed by atoms with Gasteiger partial charge in [-0.3, -0.25) is 18.6 Å².